The smallest absolute Gasteiger partial charge is 1.00 e. The van der Waals surface area contributed by atoms with Gasteiger partial charge in [-0.25, -0.2) is 0 Å². The Labute approximate surface area is 94.1 Å². The molecule has 0 atom stereocenters. The molecule has 0 fully saturated rings. The topological polar surface area (TPSA) is 15.8 Å². The molecule has 0 spiro atoms. The predicted octanol–water partition coefficient (Wildman–Crippen LogP) is -5.49. The van der Waals surface area contributed by atoms with Gasteiger partial charge >= 0.3 is 70.6 Å². The molecular weight excluding hydrogens is 285 g/mol. The van der Waals surface area contributed by atoms with Gasteiger partial charge in [0, 0.05) is 0 Å². The van der Waals surface area contributed by atoms with Crippen LogP contribution >= 0.6 is 0 Å². The first-order chi connectivity index (χ1) is 3.30. The molecule has 0 aliphatic carbocycles. The normalized spacial score (nSPS) is 7.44. The van der Waals surface area contributed by atoms with E-state index in [9.17, 15) is 0 Å². The zero-order valence-corrected chi connectivity index (χ0v) is 9.56. The van der Waals surface area contributed by atoms with Crippen LogP contribution in [-0.2, 0) is 0 Å². The van der Waals surface area contributed by atoms with E-state index in [0.29, 0.717) is 0 Å². The Kier molecular flexibility index (Phi) is 8.55. The Bertz CT molecular complexity index is 147. The van der Waals surface area contributed by atoms with E-state index in [4.69, 9.17) is 0 Å². The van der Waals surface area contributed by atoms with Gasteiger partial charge in [-0.1, -0.05) is 0 Å². The minimum atomic E-state index is 0. The number of hydrogen-bond acceptors (Lipinski definition) is 0. The molecule has 0 aliphatic heterocycles. The van der Waals surface area contributed by atoms with Crippen LogP contribution in [0.3, 0.4) is 0 Å². The maximum absolute atomic E-state index is 3.13. The van der Waals surface area contributed by atoms with Crippen molar-refractivity contribution < 1.29 is 64.5 Å². The first-order valence-electron chi connectivity index (χ1n) is 2.16. The quantitative estimate of drug-likeness (QED) is 0.491. The Hall–Kier alpha value is 1.24. The summed E-state index contributed by atoms with van der Waals surface area (Å²) in [5.74, 6) is 0. The summed E-state index contributed by atoms with van der Waals surface area (Å²) in [6, 6.07) is 2.10. The first-order valence-corrected chi connectivity index (χ1v) is 3.73. The van der Waals surface area contributed by atoms with Gasteiger partial charge in [-0.3, -0.25) is 0 Å². The Morgan fingerprint density at radius 1 is 1.44 bits per heavy atom. The average molecular weight is 291 g/mol. The molecule has 49 valence electrons. The summed E-state index contributed by atoms with van der Waals surface area (Å²) in [5.41, 5.74) is 1.40. The molecule has 1 rings (SSSR count). The van der Waals surface area contributed by atoms with Crippen molar-refractivity contribution in [2.45, 2.75) is 6.92 Å². The van der Waals surface area contributed by atoms with Crippen LogP contribution in [0.2, 0.25) is 0 Å². The van der Waals surface area contributed by atoms with Gasteiger partial charge < -0.3 is 24.8 Å². The molecule has 0 aliphatic rings. The van der Waals surface area contributed by atoms with Crippen molar-refractivity contribution in [2.24, 2.45) is 0 Å². The van der Waals surface area contributed by atoms with Crippen LogP contribution in [0.15, 0.2) is 12.3 Å². The third kappa shape index (κ3) is 3.83. The zero-order chi connectivity index (χ0) is 5.28. The number of halogens is 2. The maximum Gasteiger partial charge on any atom is -1.00 e. The number of aryl methyl sites for hydroxylation is 1. The van der Waals surface area contributed by atoms with Crippen LogP contribution in [0, 0.1) is 46.6 Å². The maximum atomic E-state index is 3.13. The van der Waals surface area contributed by atoms with Gasteiger partial charge in [0.15, 0.2) is 0 Å². The number of rotatable bonds is 0. The van der Waals surface area contributed by atoms with E-state index in [2.05, 4.69) is 18.0 Å². The van der Waals surface area contributed by atoms with E-state index in [-0.39, 0.29) is 24.8 Å². The van der Waals surface area contributed by atoms with E-state index >= 15 is 0 Å². The van der Waals surface area contributed by atoms with Crippen molar-refractivity contribution >= 4 is 1.21 Å². The van der Waals surface area contributed by atoms with Crippen molar-refractivity contribution in [3.05, 3.63) is 17.8 Å². The molecule has 0 bridgehead atoms. The number of aromatic nitrogens is 1. The molecule has 0 radical (unpaired) electrons. The van der Waals surface area contributed by atoms with E-state index in [0.717, 1.165) is 39.6 Å². The minimum Gasteiger partial charge on any atom is -1.00 e. The molecule has 0 saturated heterocycles. The van der Waals surface area contributed by atoms with Crippen LogP contribution in [0.1, 0.15) is 5.56 Å². The van der Waals surface area contributed by atoms with Gasteiger partial charge in [0.05, 0.1) is 0 Å². The summed E-state index contributed by atoms with van der Waals surface area (Å²) in [4.78, 5) is 3.13. The Morgan fingerprint density at radius 2 is 2.00 bits per heavy atom. The molecule has 1 N–H and O–H groups in total. The Balaban J connectivity index is 0. The second-order valence-electron chi connectivity index (χ2n) is 1.54. The van der Waals surface area contributed by atoms with Gasteiger partial charge in [0.25, 0.3) is 0 Å². The van der Waals surface area contributed by atoms with E-state index in [1.165, 1.54) is 6.78 Å². The van der Waals surface area contributed by atoms with Crippen LogP contribution < -0.4 is 26.0 Å². The van der Waals surface area contributed by atoms with Crippen molar-refractivity contribution in [2.75, 3.05) is 0 Å². The van der Waals surface area contributed by atoms with Crippen LogP contribution in [0.25, 0.3) is 0 Å². The van der Waals surface area contributed by atoms with Crippen LogP contribution in [-0.4, -0.2) is 4.98 Å². The number of H-pyrrole nitrogens is 1. The molecule has 1 heterocycles. The summed E-state index contributed by atoms with van der Waals surface area (Å²) in [7, 11) is 0. The molecule has 4 heteroatoms. The monoisotopic (exact) mass is 290 g/mol. The van der Waals surface area contributed by atoms with E-state index in [1.54, 1.807) is 0 Å². The predicted molar refractivity (Wildman–Crippen MR) is 25.2 cm³/mol. The largest absolute Gasteiger partial charge is 1.00 e. The van der Waals surface area contributed by atoms with Gasteiger partial charge in [0.1, 0.15) is 0 Å². The van der Waals surface area contributed by atoms with Crippen molar-refractivity contribution in [1.29, 1.82) is 0 Å². The number of nitrogens with one attached hydrogen (secondary N) is 1. The van der Waals surface area contributed by atoms with Gasteiger partial charge in [-0.05, 0) is 0 Å². The molecular formula is C5H6CeCl2N. The van der Waals surface area contributed by atoms with Gasteiger partial charge in [-0.2, -0.15) is 0 Å². The number of aromatic amines is 1. The molecule has 0 saturated carbocycles. The summed E-state index contributed by atoms with van der Waals surface area (Å²) >= 11 is 1.14. The standard InChI is InChI=1S/C5H6N.Ce.2ClH/c1-5-2-3-6-4-5;;;/h2-3,6H,1H3;;2*1H/q;+2;;/p-2. The minimum absolute atomic E-state index is 0. The van der Waals surface area contributed by atoms with Gasteiger partial charge in [0.2, 0.25) is 0 Å². The molecule has 1 aromatic rings. The average Bonchev–Trinajstić information content (AvgIpc) is 1.91. The fourth-order valence-electron chi connectivity index (χ4n) is 0.447. The molecule has 1 nitrogen and oxygen atoms in total. The van der Waals surface area contributed by atoms with Crippen molar-refractivity contribution in [3.8, 4) is 0 Å². The van der Waals surface area contributed by atoms with E-state index in [1.807, 2.05) is 6.20 Å². The fourth-order valence-corrected chi connectivity index (χ4v) is 0.971. The van der Waals surface area contributed by atoms with Crippen LogP contribution in [0.5, 0.6) is 0 Å². The second-order valence-corrected chi connectivity index (χ2v) is 3.11. The van der Waals surface area contributed by atoms with E-state index < -0.39 is 0 Å². The SMILES string of the molecule is Cc1cc[nH][c]1[Ce+2].[Cl-].[Cl-]. The summed E-state index contributed by atoms with van der Waals surface area (Å²) in [5, 5.41) is 0. The van der Waals surface area contributed by atoms with Crippen molar-refractivity contribution in [1.82, 2.24) is 4.98 Å². The second kappa shape index (κ2) is 5.98. The summed E-state index contributed by atoms with van der Waals surface area (Å²) in [6.07, 6.45) is 1.98. The zero-order valence-electron chi connectivity index (χ0n) is 4.91. The molecule has 0 amide bonds. The Morgan fingerprint density at radius 3 is 2.11 bits per heavy atom. The molecule has 0 aromatic carbocycles. The van der Waals surface area contributed by atoms with Crippen LogP contribution in [0.4, 0.5) is 0 Å². The fraction of sp³-hybridized carbons (Fsp3) is 0.200. The third-order valence-electron chi connectivity index (χ3n) is 0.955. The molecule has 9 heavy (non-hydrogen) atoms. The number of hydrogen-bond donors (Lipinski definition) is 1. The third-order valence-corrected chi connectivity index (χ3v) is 2.65. The summed E-state index contributed by atoms with van der Waals surface area (Å²) < 4.78 is 1.40. The first kappa shape index (κ1) is 12.9. The molecule has 1 aromatic heterocycles. The van der Waals surface area contributed by atoms with Gasteiger partial charge in [-0.15, -0.1) is 0 Å². The van der Waals surface area contributed by atoms with Crippen molar-refractivity contribution in [3.63, 3.8) is 0 Å². The molecule has 0 unspecified atom stereocenters. The summed E-state index contributed by atoms with van der Waals surface area (Å²) in [6.45, 7) is 2.12.